The van der Waals surface area contributed by atoms with E-state index in [1.54, 1.807) is 0 Å². The zero-order valence-electron chi connectivity index (χ0n) is 13.6. The Morgan fingerprint density at radius 3 is 2.38 bits per heavy atom. The summed E-state index contributed by atoms with van der Waals surface area (Å²) in [5, 5.41) is 12.1. The Morgan fingerprint density at radius 2 is 1.88 bits per heavy atom. The van der Waals surface area contributed by atoms with E-state index in [-0.39, 0.29) is 18.4 Å². The number of aliphatic hydroxyl groups excluding tert-OH is 1. The van der Waals surface area contributed by atoms with Crippen LogP contribution < -0.4 is 10.1 Å². The maximum atomic E-state index is 12.9. The topological polar surface area (TPSA) is 58.6 Å². The first-order valence-electron chi connectivity index (χ1n) is 7.74. The number of carbonyl (C=O) groups excluding carboxylic acids is 1. The van der Waals surface area contributed by atoms with Crippen molar-refractivity contribution in [2.45, 2.75) is 50.9 Å². The van der Waals surface area contributed by atoms with Gasteiger partial charge in [0.25, 0.3) is 0 Å². The zero-order valence-corrected chi connectivity index (χ0v) is 13.6. The molecule has 0 bridgehead atoms. The van der Waals surface area contributed by atoms with Gasteiger partial charge >= 0.3 is 12.5 Å². The number of aliphatic hydroxyl groups is 1. The van der Waals surface area contributed by atoms with Crippen LogP contribution in [0.1, 0.15) is 37.8 Å². The van der Waals surface area contributed by atoms with E-state index in [0.29, 0.717) is 0 Å². The highest BCUT2D eigenvalue weighted by molar-refractivity contribution is 5.77. The maximum absolute atomic E-state index is 12.9. The van der Waals surface area contributed by atoms with E-state index in [2.05, 4.69) is 10.1 Å². The number of hydrogen-bond donors (Lipinski definition) is 2. The van der Waals surface area contributed by atoms with E-state index >= 15 is 0 Å². The summed E-state index contributed by atoms with van der Waals surface area (Å²) in [6.45, 7) is 1.45. The Labute approximate surface area is 145 Å². The summed E-state index contributed by atoms with van der Waals surface area (Å²) in [7, 11) is 0. The number of rotatable bonds is 6. The summed E-state index contributed by atoms with van der Waals surface area (Å²) in [4.78, 5) is 11.9. The van der Waals surface area contributed by atoms with Crippen molar-refractivity contribution >= 4 is 5.91 Å². The van der Waals surface area contributed by atoms with Gasteiger partial charge in [-0.15, -0.1) is 13.2 Å². The van der Waals surface area contributed by atoms with Gasteiger partial charge < -0.3 is 15.2 Å². The molecule has 1 aromatic rings. The third-order valence-corrected chi connectivity index (χ3v) is 4.34. The Kier molecular flexibility index (Phi) is 5.46. The molecule has 2 unspecified atom stereocenters. The number of benzene rings is 1. The molecule has 0 aliphatic heterocycles. The van der Waals surface area contributed by atoms with E-state index in [9.17, 15) is 36.2 Å². The van der Waals surface area contributed by atoms with Crippen LogP contribution in [-0.4, -0.2) is 29.7 Å². The quantitative estimate of drug-likeness (QED) is 0.732. The molecule has 1 saturated carbocycles. The van der Waals surface area contributed by atoms with E-state index < -0.39 is 48.2 Å². The molecule has 1 aromatic carbocycles. The fraction of sp³-hybridized carbons (Fsp3) is 0.562. The van der Waals surface area contributed by atoms with Gasteiger partial charge in [-0.3, -0.25) is 4.79 Å². The van der Waals surface area contributed by atoms with Crippen LogP contribution in [0.25, 0.3) is 0 Å². The summed E-state index contributed by atoms with van der Waals surface area (Å²) in [6, 6.07) is 4.08. The molecule has 0 heterocycles. The lowest BCUT2D eigenvalue weighted by Crippen LogP contribution is -2.40. The second-order valence-corrected chi connectivity index (χ2v) is 6.28. The molecular weight excluding hydrogens is 368 g/mol. The minimum atomic E-state index is -4.87. The lowest BCUT2D eigenvalue weighted by molar-refractivity contribution is -0.274. The van der Waals surface area contributed by atoms with Gasteiger partial charge in [0.1, 0.15) is 5.75 Å². The Balaban J connectivity index is 1.96. The first kappa shape index (κ1) is 20.3. The van der Waals surface area contributed by atoms with Crippen molar-refractivity contribution in [3.8, 4) is 5.75 Å². The molecular formula is C16H17F6NO3. The summed E-state index contributed by atoms with van der Waals surface area (Å²) >= 11 is 0. The maximum Gasteiger partial charge on any atom is 0.573 e. The standard InChI is InChI=1S/C16H17F6NO3/c1-9(10-3-2-4-11(7-10)26-16(20,21)22)23-13(25)8-12(24)14(5-6-14)15(17,18)19/h2-4,7,9,12,24H,5-6,8H2,1H3,(H,23,25). The molecule has 0 aromatic heterocycles. The molecule has 2 rings (SSSR count). The van der Waals surface area contributed by atoms with Crippen LogP contribution in [0.3, 0.4) is 0 Å². The predicted octanol–water partition coefficient (Wildman–Crippen LogP) is 3.86. The van der Waals surface area contributed by atoms with Crippen LogP contribution in [0.5, 0.6) is 5.75 Å². The lowest BCUT2D eigenvalue weighted by atomic mass is 9.95. The highest BCUT2D eigenvalue weighted by Crippen LogP contribution is 2.60. The van der Waals surface area contributed by atoms with Gasteiger partial charge in [0.15, 0.2) is 0 Å². The summed E-state index contributed by atoms with van der Waals surface area (Å²) in [6.07, 6.45) is -12.6. The smallest absolute Gasteiger partial charge is 0.406 e. The van der Waals surface area contributed by atoms with Crippen LogP contribution in [-0.2, 0) is 4.79 Å². The molecule has 0 saturated heterocycles. The summed E-state index contributed by atoms with van der Waals surface area (Å²) < 4.78 is 79.2. The van der Waals surface area contributed by atoms with E-state index in [1.807, 2.05) is 0 Å². The van der Waals surface area contributed by atoms with Crippen LogP contribution >= 0.6 is 0 Å². The monoisotopic (exact) mass is 385 g/mol. The van der Waals surface area contributed by atoms with Crippen LogP contribution in [0.4, 0.5) is 26.3 Å². The predicted molar refractivity (Wildman–Crippen MR) is 78.0 cm³/mol. The van der Waals surface area contributed by atoms with Gasteiger partial charge in [0.2, 0.25) is 5.91 Å². The highest BCUT2D eigenvalue weighted by atomic mass is 19.4. The van der Waals surface area contributed by atoms with Crippen molar-refractivity contribution in [3.05, 3.63) is 29.8 Å². The molecule has 0 spiro atoms. The van der Waals surface area contributed by atoms with E-state index in [4.69, 9.17) is 0 Å². The normalized spacial score (nSPS) is 18.8. The van der Waals surface area contributed by atoms with E-state index in [0.717, 1.165) is 12.1 Å². The Hall–Kier alpha value is -1.97. The minimum absolute atomic E-state index is 0.239. The molecule has 2 atom stereocenters. The van der Waals surface area contributed by atoms with Crippen molar-refractivity contribution in [1.82, 2.24) is 5.32 Å². The van der Waals surface area contributed by atoms with Crippen LogP contribution in [0, 0.1) is 5.41 Å². The van der Waals surface area contributed by atoms with Crippen molar-refractivity contribution in [2.24, 2.45) is 5.41 Å². The largest absolute Gasteiger partial charge is 0.573 e. The molecule has 1 aliphatic carbocycles. The SMILES string of the molecule is CC(NC(=O)CC(O)C1(C(F)(F)F)CC1)c1cccc(OC(F)(F)F)c1. The lowest BCUT2D eigenvalue weighted by Gasteiger charge is -2.25. The van der Waals surface area contributed by atoms with Gasteiger partial charge in [-0.05, 0) is 37.5 Å². The number of carbonyl (C=O) groups is 1. The van der Waals surface area contributed by atoms with Gasteiger partial charge in [-0.2, -0.15) is 13.2 Å². The molecule has 0 radical (unpaired) electrons. The van der Waals surface area contributed by atoms with Crippen molar-refractivity contribution < 1.29 is 41.0 Å². The van der Waals surface area contributed by atoms with Gasteiger partial charge in [-0.1, -0.05) is 12.1 Å². The fourth-order valence-corrected chi connectivity index (χ4v) is 2.68. The summed E-state index contributed by atoms with van der Waals surface area (Å²) in [5.41, 5.74) is -1.97. The minimum Gasteiger partial charge on any atom is -0.406 e. The molecule has 10 heteroatoms. The first-order chi connectivity index (χ1) is 11.8. The number of ether oxygens (including phenoxy) is 1. The van der Waals surface area contributed by atoms with Crippen LogP contribution in [0.2, 0.25) is 0 Å². The fourth-order valence-electron chi connectivity index (χ4n) is 2.68. The average Bonchev–Trinajstić information content (AvgIpc) is 3.26. The molecule has 26 heavy (non-hydrogen) atoms. The van der Waals surface area contributed by atoms with Gasteiger partial charge in [0.05, 0.1) is 24.0 Å². The number of amides is 1. The molecule has 2 N–H and O–H groups in total. The number of hydrogen-bond acceptors (Lipinski definition) is 3. The Morgan fingerprint density at radius 1 is 1.27 bits per heavy atom. The molecule has 146 valence electrons. The third kappa shape index (κ3) is 4.80. The number of alkyl halides is 6. The molecule has 1 aliphatic rings. The van der Waals surface area contributed by atoms with E-state index in [1.165, 1.54) is 19.1 Å². The average molecular weight is 385 g/mol. The first-order valence-corrected chi connectivity index (χ1v) is 7.74. The van der Waals surface area contributed by atoms with Gasteiger partial charge in [-0.25, -0.2) is 0 Å². The molecule has 1 fully saturated rings. The Bertz CT molecular complexity index is 654. The summed E-state index contributed by atoms with van der Waals surface area (Å²) in [5.74, 6) is -1.31. The molecule has 1 amide bonds. The van der Waals surface area contributed by atoms with Crippen LogP contribution in [0.15, 0.2) is 24.3 Å². The second-order valence-electron chi connectivity index (χ2n) is 6.28. The third-order valence-electron chi connectivity index (χ3n) is 4.34. The number of nitrogens with one attached hydrogen (secondary N) is 1. The number of halogens is 6. The second kappa shape index (κ2) is 6.98. The highest BCUT2D eigenvalue weighted by Gasteiger charge is 2.67. The van der Waals surface area contributed by atoms with Crippen molar-refractivity contribution in [2.75, 3.05) is 0 Å². The van der Waals surface area contributed by atoms with Crippen molar-refractivity contribution in [3.63, 3.8) is 0 Å². The molecule has 4 nitrogen and oxygen atoms in total. The van der Waals surface area contributed by atoms with Crippen molar-refractivity contribution in [1.29, 1.82) is 0 Å². The van der Waals surface area contributed by atoms with Gasteiger partial charge in [0, 0.05) is 0 Å². The zero-order chi connectivity index (χ0) is 19.8.